The summed E-state index contributed by atoms with van der Waals surface area (Å²) < 4.78 is 5.81. The predicted molar refractivity (Wildman–Crippen MR) is 88.3 cm³/mol. The third-order valence-corrected chi connectivity index (χ3v) is 6.11. The molecule has 1 aromatic rings. The van der Waals surface area contributed by atoms with Crippen molar-refractivity contribution in [2.45, 2.75) is 30.8 Å². The molecule has 1 heterocycles. The Labute approximate surface area is 136 Å². The predicted octanol–water partition coefficient (Wildman–Crippen LogP) is 4.21. The number of halogens is 2. The number of fused-ring (bicyclic) bond motifs is 1. The minimum absolute atomic E-state index is 0.144. The third kappa shape index (κ3) is 2.24. The molecule has 1 saturated heterocycles. The van der Waals surface area contributed by atoms with E-state index in [9.17, 15) is 0 Å². The molecule has 2 aliphatic rings. The summed E-state index contributed by atoms with van der Waals surface area (Å²) in [6, 6.07) is 6.08. The SMILES string of the molecule is C=CC[C@@H](OC)C12CNCC[C@]1(c1ccc(Cl)c(Cl)c1)C2. The van der Waals surface area contributed by atoms with Crippen LogP contribution >= 0.6 is 23.2 Å². The smallest absolute Gasteiger partial charge is 0.0682 e. The minimum Gasteiger partial charge on any atom is -0.380 e. The summed E-state index contributed by atoms with van der Waals surface area (Å²) in [4.78, 5) is 0. The normalized spacial score (nSPS) is 32.3. The van der Waals surface area contributed by atoms with Crippen molar-refractivity contribution < 1.29 is 4.74 Å². The Morgan fingerprint density at radius 1 is 1.43 bits per heavy atom. The molecule has 114 valence electrons. The van der Waals surface area contributed by atoms with Crippen LogP contribution in [0, 0.1) is 5.41 Å². The first-order valence-corrected chi connectivity index (χ1v) is 8.15. The number of methoxy groups -OCH3 is 1. The van der Waals surface area contributed by atoms with E-state index in [0.29, 0.717) is 10.0 Å². The maximum atomic E-state index is 6.24. The molecule has 0 amide bonds. The van der Waals surface area contributed by atoms with Gasteiger partial charge in [0.1, 0.15) is 0 Å². The van der Waals surface area contributed by atoms with E-state index in [1.165, 1.54) is 5.56 Å². The minimum atomic E-state index is 0.144. The van der Waals surface area contributed by atoms with Gasteiger partial charge in [0.15, 0.2) is 0 Å². The van der Waals surface area contributed by atoms with E-state index >= 15 is 0 Å². The maximum absolute atomic E-state index is 6.24. The Morgan fingerprint density at radius 2 is 2.24 bits per heavy atom. The van der Waals surface area contributed by atoms with Crippen molar-refractivity contribution in [1.82, 2.24) is 5.32 Å². The van der Waals surface area contributed by atoms with Crippen molar-refractivity contribution in [3.8, 4) is 0 Å². The van der Waals surface area contributed by atoms with Crippen molar-refractivity contribution in [1.29, 1.82) is 0 Å². The molecule has 0 bridgehead atoms. The van der Waals surface area contributed by atoms with Crippen LogP contribution in [0.1, 0.15) is 24.8 Å². The molecule has 2 fully saturated rings. The van der Waals surface area contributed by atoms with Gasteiger partial charge in [-0.1, -0.05) is 35.3 Å². The fourth-order valence-corrected chi connectivity index (χ4v) is 4.54. The van der Waals surface area contributed by atoms with Gasteiger partial charge in [0.05, 0.1) is 16.1 Å². The van der Waals surface area contributed by atoms with E-state index in [1.54, 1.807) is 7.11 Å². The number of hydrogen-bond acceptors (Lipinski definition) is 2. The van der Waals surface area contributed by atoms with Crippen molar-refractivity contribution in [2.24, 2.45) is 5.41 Å². The summed E-state index contributed by atoms with van der Waals surface area (Å²) >= 11 is 12.3. The summed E-state index contributed by atoms with van der Waals surface area (Å²) in [7, 11) is 1.80. The van der Waals surface area contributed by atoms with Crippen LogP contribution in [0.2, 0.25) is 10.0 Å². The molecule has 2 nitrogen and oxygen atoms in total. The highest BCUT2D eigenvalue weighted by Gasteiger charge is 2.71. The molecule has 1 unspecified atom stereocenters. The third-order valence-electron chi connectivity index (χ3n) is 5.37. The van der Waals surface area contributed by atoms with Crippen molar-refractivity contribution >= 4 is 23.2 Å². The highest BCUT2D eigenvalue weighted by molar-refractivity contribution is 6.42. The van der Waals surface area contributed by atoms with Crippen LogP contribution in [-0.2, 0) is 10.2 Å². The molecule has 0 aromatic heterocycles. The second kappa shape index (κ2) is 5.58. The van der Waals surface area contributed by atoms with Crippen molar-refractivity contribution in [3.63, 3.8) is 0 Å². The van der Waals surface area contributed by atoms with E-state index in [2.05, 4.69) is 18.0 Å². The molecule has 3 atom stereocenters. The second-order valence-corrected chi connectivity index (χ2v) is 7.03. The van der Waals surface area contributed by atoms with Gasteiger partial charge in [-0.15, -0.1) is 6.58 Å². The second-order valence-electron chi connectivity index (χ2n) is 6.22. The molecular formula is C17H21Cl2NO. The van der Waals surface area contributed by atoms with Gasteiger partial charge >= 0.3 is 0 Å². The van der Waals surface area contributed by atoms with E-state index in [0.717, 1.165) is 32.4 Å². The Bertz CT molecular complexity index is 562. The molecule has 4 heteroatoms. The van der Waals surface area contributed by atoms with Gasteiger partial charge in [-0.25, -0.2) is 0 Å². The lowest BCUT2D eigenvalue weighted by Gasteiger charge is -2.36. The van der Waals surface area contributed by atoms with Gasteiger partial charge in [-0.2, -0.15) is 0 Å². The quantitative estimate of drug-likeness (QED) is 0.819. The zero-order valence-electron chi connectivity index (χ0n) is 12.3. The Kier molecular flexibility index (Phi) is 4.08. The highest BCUT2D eigenvalue weighted by Crippen LogP contribution is 2.70. The lowest BCUT2D eigenvalue weighted by atomic mass is 9.77. The molecule has 1 aliphatic heterocycles. The molecule has 0 spiro atoms. The summed E-state index contributed by atoms with van der Waals surface area (Å²) in [5.74, 6) is 0. The largest absolute Gasteiger partial charge is 0.380 e. The zero-order chi connectivity index (χ0) is 15.1. The van der Waals surface area contributed by atoms with Gasteiger partial charge in [0.25, 0.3) is 0 Å². The molecule has 1 saturated carbocycles. The van der Waals surface area contributed by atoms with Gasteiger partial charge in [-0.3, -0.25) is 0 Å². The van der Waals surface area contributed by atoms with Crippen LogP contribution in [-0.4, -0.2) is 26.3 Å². The van der Waals surface area contributed by atoms with Crippen molar-refractivity contribution in [2.75, 3.05) is 20.2 Å². The first-order valence-electron chi connectivity index (χ1n) is 7.39. The van der Waals surface area contributed by atoms with Gasteiger partial charge < -0.3 is 10.1 Å². The van der Waals surface area contributed by atoms with Gasteiger partial charge in [0.2, 0.25) is 0 Å². The first kappa shape index (κ1) is 15.4. The fraction of sp³-hybridized carbons (Fsp3) is 0.529. The number of rotatable bonds is 5. The van der Waals surface area contributed by atoms with Gasteiger partial charge in [-0.05, 0) is 43.5 Å². The maximum Gasteiger partial charge on any atom is 0.0682 e. The average Bonchev–Trinajstić information content (AvgIpc) is 3.19. The monoisotopic (exact) mass is 325 g/mol. The number of benzene rings is 1. The Hall–Kier alpha value is -0.540. The van der Waals surface area contributed by atoms with Crippen LogP contribution in [0.3, 0.4) is 0 Å². The molecule has 1 aromatic carbocycles. The Morgan fingerprint density at radius 3 is 2.90 bits per heavy atom. The molecule has 21 heavy (non-hydrogen) atoms. The lowest BCUT2D eigenvalue weighted by molar-refractivity contribution is 0.0237. The molecule has 1 aliphatic carbocycles. The average molecular weight is 326 g/mol. The highest BCUT2D eigenvalue weighted by atomic mass is 35.5. The van der Waals surface area contributed by atoms with E-state index < -0.39 is 0 Å². The van der Waals surface area contributed by atoms with E-state index in [4.69, 9.17) is 27.9 Å². The lowest BCUT2D eigenvalue weighted by Crippen LogP contribution is -2.45. The fourth-order valence-electron chi connectivity index (χ4n) is 4.24. The molecule has 1 N–H and O–H groups in total. The molecule has 3 rings (SSSR count). The Balaban J connectivity index is 1.99. The van der Waals surface area contributed by atoms with E-state index in [1.807, 2.05) is 18.2 Å². The molecule has 0 radical (unpaired) electrons. The first-order chi connectivity index (χ1) is 10.1. The van der Waals surface area contributed by atoms with Crippen molar-refractivity contribution in [3.05, 3.63) is 46.5 Å². The van der Waals surface area contributed by atoms with Crippen LogP contribution < -0.4 is 5.32 Å². The number of ether oxygens (including phenoxy) is 1. The summed E-state index contributed by atoms with van der Waals surface area (Å²) in [5, 5.41) is 4.79. The summed E-state index contributed by atoms with van der Waals surface area (Å²) in [5.41, 5.74) is 1.60. The standard InChI is InChI=1S/C17H21Cl2NO/c1-3-4-15(21-2)17-10-16(17,7-8-20-11-17)12-5-6-13(18)14(19)9-12/h3,5-6,9,15,20H,1,4,7-8,10-11H2,2H3/t15-,16-,17?/m1/s1. The topological polar surface area (TPSA) is 21.3 Å². The number of nitrogens with one attached hydrogen (secondary N) is 1. The van der Waals surface area contributed by atoms with Crippen LogP contribution in [0.5, 0.6) is 0 Å². The molecular weight excluding hydrogens is 305 g/mol. The number of piperidine rings is 1. The van der Waals surface area contributed by atoms with E-state index in [-0.39, 0.29) is 16.9 Å². The van der Waals surface area contributed by atoms with Crippen LogP contribution in [0.15, 0.2) is 30.9 Å². The zero-order valence-corrected chi connectivity index (χ0v) is 13.8. The summed E-state index contributed by atoms with van der Waals surface area (Å²) in [6.45, 7) is 5.90. The number of hydrogen-bond donors (Lipinski definition) is 1. The summed E-state index contributed by atoms with van der Waals surface area (Å²) in [6.07, 6.45) is 5.27. The van der Waals surface area contributed by atoms with Crippen LogP contribution in [0.4, 0.5) is 0 Å². The van der Waals surface area contributed by atoms with Crippen LogP contribution in [0.25, 0.3) is 0 Å². The van der Waals surface area contributed by atoms with Gasteiger partial charge in [0, 0.05) is 24.5 Å².